The van der Waals surface area contributed by atoms with E-state index in [0.29, 0.717) is 18.0 Å². The van der Waals surface area contributed by atoms with Gasteiger partial charge in [-0.3, -0.25) is 14.4 Å². The van der Waals surface area contributed by atoms with Crippen molar-refractivity contribution in [3.8, 4) is 0 Å². The Morgan fingerprint density at radius 3 is 2.48 bits per heavy atom. The third-order valence-electron chi connectivity index (χ3n) is 4.65. The lowest BCUT2D eigenvalue weighted by atomic mass is 9.75. The highest BCUT2D eigenvalue weighted by molar-refractivity contribution is 6.30. The molecule has 1 fully saturated rings. The Hall–Kier alpha value is -1.07. The molecule has 0 aliphatic carbocycles. The van der Waals surface area contributed by atoms with Gasteiger partial charge in [0.15, 0.2) is 0 Å². The van der Waals surface area contributed by atoms with Crippen LogP contribution in [0.25, 0.3) is 0 Å². The Bertz CT molecular complexity index is 519. The van der Waals surface area contributed by atoms with E-state index in [1.54, 1.807) is 4.68 Å². The van der Waals surface area contributed by atoms with Crippen molar-refractivity contribution in [2.45, 2.75) is 46.1 Å². The molecule has 0 aromatic carbocycles. The zero-order valence-electron chi connectivity index (χ0n) is 13.0. The maximum atomic E-state index is 11.6. The summed E-state index contributed by atoms with van der Waals surface area (Å²) >= 11 is 6.27. The number of carbonyl (C=O) groups is 1. The van der Waals surface area contributed by atoms with Crippen molar-refractivity contribution in [2.75, 3.05) is 13.1 Å². The number of nitrogens with zero attached hydrogens (tertiary/aromatic N) is 3. The van der Waals surface area contributed by atoms with E-state index in [4.69, 9.17) is 11.6 Å². The van der Waals surface area contributed by atoms with Crippen LogP contribution in [0.5, 0.6) is 0 Å². The van der Waals surface area contributed by atoms with Crippen molar-refractivity contribution in [1.29, 1.82) is 0 Å². The summed E-state index contributed by atoms with van der Waals surface area (Å²) < 4.78 is 1.69. The summed E-state index contributed by atoms with van der Waals surface area (Å²) in [5.41, 5.74) is 1.47. The second kappa shape index (κ2) is 6.36. The van der Waals surface area contributed by atoms with Crippen LogP contribution in [0, 0.1) is 12.3 Å². The summed E-state index contributed by atoms with van der Waals surface area (Å²) in [5, 5.41) is 14.5. The highest BCUT2D eigenvalue weighted by Gasteiger charge is 2.40. The molecule has 0 spiro atoms. The summed E-state index contributed by atoms with van der Waals surface area (Å²) in [6.07, 6.45) is 3.11. The third-order valence-corrected chi connectivity index (χ3v) is 5.12. The molecule has 0 bridgehead atoms. The van der Waals surface area contributed by atoms with Crippen molar-refractivity contribution in [1.82, 2.24) is 14.7 Å². The van der Waals surface area contributed by atoms with Gasteiger partial charge in [-0.25, -0.2) is 0 Å². The van der Waals surface area contributed by atoms with E-state index in [9.17, 15) is 9.90 Å². The molecule has 118 valence electrons. The van der Waals surface area contributed by atoms with Crippen molar-refractivity contribution >= 4 is 17.6 Å². The molecule has 0 radical (unpaired) electrons. The van der Waals surface area contributed by atoms with Gasteiger partial charge < -0.3 is 5.11 Å². The average molecular weight is 314 g/mol. The van der Waals surface area contributed by atoms with Gasteiger partial charge in [-0.2, -0.15) is 5.10 Å². The van der Waals surface area contributed by atoms with E-state index in [-0.39, 0.29) is 0 Å². The summed E-state index contributed by atoms with van der Waals surface area (Å²) in [7, 11) is 1.84. The fraction of sp³-hybridized carbons (Fsp3) is 0.733. The van der Waals surface area contributed by atoms with Gasteiger partial charge in [0.05, 0.1) is 11.1 Å². The Labute approximate surface area is 130 Å². The number of aromatic nitrogens is 2. The zero-order chi connectivity index (χ0) is 15.6. The molecule has 0 amide bonds. The molecule has 1 aliphatic heterocycles. The minimum atomic E-state index is -0.639. The van der Waals surface area contributed by atoms with Gasteiger partial charge in [-0.15, -0.1) is 0 Å². The number of halogens is 1. The largest absolute Gasteiger partial charge is 0.481 e. The van der Waals surface area contributed by atoms with Gasteiger partial charge in [-0.1, -0.05) is 24.9 Å². The molecule has 1 N–H and O–H groups in total. The SMILES string of the molecule is CCCC1(C(=O)O)CCN(Cc2c(C)nn(C)c2Cl)CC1. The number of carboxylic acids is 1. The summed E-state index contributed by atoms with van der Waals surface area (Å²) in [6, 6.07) is 0. The van der Waals surface area contributed by atoms with Crippen molar-refractivity contribution in [2.24, 2.45) is 12.5 Å². The summed E-state index contributed by atoms with van der Waals surface area (Å²) in [4.78, 5) is 13.9. The van der Waals surface area contributed by atoms with Crippen LogP contribution in [0.3, 0.4) is 0 Å². The number of carboxylic acid groups (broad SMARTS) is 1. The smallest absolute Gasteiger partial charge is 0.309 e. The predicted octanol–water partition coefficient (Wildman–Crippen LogP) is 2.85. The van der Waals surface area contributed by atoms with Crippen LogP contribution < -0.4 is 0 Å². The molecule has 1 aromatic heterocycles. The minimum absolute atomic E-state index is 0.529. The monoisotopic (exact) mass is 313 g/mol. The first-order valence-electron chi connectivity index (χ1n) is 7.53. The average Bonchev–Trinajstić information content (AvgIpc) is 2.67. The van der Waals surface area contributed by atoms with Crippen molar-refractivity contribution < 1.29 is 9.90 Å². The molecule has 1 saturated heterocycles. The van der Waals surface area contributed by atoms with Crippen LogP contribution in [-0.2, 0) is 18.4 Å². The quantitative estimate of drug-likeness (QED) is 0.908. The van der Waals surface area contributed by atoms with E-state index >= 15 is 0 Å². The molecule has 1 aromatic rings. The minimum Gasteiger partial charge on any atom is -0.481 e. The van der Waals surface area contributed by atoms with Gasteiger partial charge in [0, 0.05) is 19.2 Å². The molecule has 0 unspecified atom stereocenters. The lowest BCUT2D eigenvalue weighted by molar-refractivity contribution is -0.152. The summed E-state index contributed by atoms with van der Waals surface area (Å²) in [6.45, 7) is 6.37. The Balaban J connectivity index is 2.02. The van der Waals surface area contributed by atoms with Crippen LogP contribution in [0.4, 0.5) is 0 Å². The van der Waals surface area contributed by atoms with Gasteiger partial charge >= 0.3 is 5.97 Å². The number of hydrogen-bond donors (Lipinski definition) is 1. The standard InChI is InChI=1S/C15H24ClN3O2/c1-4-5-15(14(20)21)6-8-19(9-7-15)10-12-11(2)17-18(3)13(12)16/h4-10H2,1-3H3,(H,20,21). The predicted molar refractivity (Wildman–Crippen MR) is 82.4 cm³/mol. The number of hydrogen-bond acceptors (Lipinski definition) is 3. The first-order chi connectivity index (χ1) is 9.89. The molecular formula is C15H24ClN3O2. The number of rotatable bonds is 5. The van der Waals surface area contributed by atoms with Crippen LogP contribution in [0.1, 0.15) is 43.9 Å². The molecule has 2 rings (SSSR count). The van der Waals surface area contributed by atoms with Gasteiger partial charge in [-0.05, 0) is 39.3 Å². The van der Waals surface area contributed by atoms with Crippen LogP contribution in [0.15, 0.2) is 0 Å². The number of piperidine rings is 1. The van der Waals surface area contributed by atoms with E-state index in [2.05, 4.69) is 16.9 Å². The Morgan fingerprint density at radius 1 is 1.43 bits per heavy atom. The molecule has 0 atom stereocenters. The Kier molecular flexibility index (Phi) is 4.94. The number of likely N-dealkylation sites (tertiary alicyclic amines) is 1. The van der Waals surface area contributed by atoms with Crippen LogP contribution in [0.2, 0.25) is 5.15 Å². The molecule has 0 saturated carbocycles. The lowest BCUT2D eigenvalue weighted by Gasteiger charge is -2.38. The normalized spacial score (nSPS) is 18.9. The zero-order valence-corrected chi connectivity index (χ0v) is 13.8. The molecular weight excluding hydrogens is 290 g/mol. The first kappa shape index (κ1) is 16.3. The highest BCUT2D eigenvalue weighted by Crippen LogP contribution is 2.37. The molecule has 2 heterocycles. The van der Waals surface area contributed by atoms with Crippen LogP contribution >= 0.6 is 11.6 Å². The van der Waals surface area contributed by atoms with E-state index < -0.39 is 11.4 Å². The fourth-order valence-corrected chi connectivity index (χ4v) is 3.50. The van der Waals surface area contributed by atoms with Crippen molar-refractivity contribution in [3.63, 3.8) is 0 Å². The van der Waals surface area contributed by atoms with Crippen molar-refractivity contribution in [3.05, 3.63) is 16.4 Å². The second-order valence-corrected chi connectivity index (χ2v) is 6.45. The Morgan fingerprint density at radius 2 is 2.05 bits per heavy atom. The topological polar surface area (TPSA) is 58.4 Å². The van der Waals surface area contributed by atoms with E-state index in [1.165, 1.54) is 0 Å². The second-order valence-electron chi connectivity index (χ2n) is 6.09. The van der Waals surface area contributed by atoms with E-state index in [1.807, 2.05) is 14.0 Å². The maximum absolute atomic E-state index is 11.6. The third kappa shape index (κ3) is 3.24. The molecule has 5 nitrogen and oxygen atoms in total. The maximum Gasteiger partial charge on any atom is 0.309 e. The van der Waals surface area contributed by atoms with Gasteiger partial charge in [0.2, 0.25) is 0 Å². The number of aliphatic carboxylic acids is 1. The van der Waals surface area contributed by atoms with Gasteiger partial charge in [0.25, 0.3) is 0 Å². The fourth-order valence-electron chi connectivity index (χ4n) is 3.27. The molecule has 6 heteroatoms. The first-order valence-corrected chi connectivity index (χ1v) is 7.91. The van der Waals surface area contributed by atoms with E-state index in [0.717, 1.165) is 43.7 Å². The molecule has 1 aliphatic rings. The summed E-state index contributed by atoms with van der Waals surface area (Å²) in [5.74, 6) is -0.639. The van der Waals surface area contributed by atoms with Gasteiger partial charge in [0.1, 0.15) is 5.15 Å². The lowest BCUT2D eigenvalue weighted by Crippen LogP contribution is -2.44. The number of aryl methyl sites for hydroxylation is 2. The molecule has 21 heavy (non-hydrogen) atoms. The highest BCUT2D eigenvalue weighted by atomic mass is 35.5. The van der Waals surface area contributed by atoms with Crippen LogP contribution in [-0.4, -0.2) is 38.8 Å².